The van der Waals surface area contributed by atoms with Crippen LogP contribution in [0.1, 0.15) is 0 Å². The first-order valence-corrected chi connectivity index (χ1v) is 0. The summed E-state index contributed by atoms with van der Waals surface area (Å²) in [7, 11) is 0. The molecule has 0 aliphatic rings. The summed E-state index contributed by atoms with van der Waals surface area (Å²) in [6, 6.07) is 0. The molecule has 0 unspecified atom stereocenters. The van der Waals surface area contributed by atoms with Crippen LogP contribution in [0.4, 0.5) is 0 Å². The second-order valence-electron chi connectivity index (χ2n) is 0. The summed E-state index contributed by atoms with van der Waals surface area (Å²) >= 11 is 0. The quantitative estimate of drug-likeness (QED) is 0.269. The van der Waals surface area contributed by atoms with Crippen molar-refractivity contribution in [3.63, 3.8) is 0 Å². The van der Waals surface area contributed by atoms with Gasteiger partial charge in [0.1, 0.15) is 0 Å². The third-order valence-electron chi connectivity index (χ3n) is 0. The molecule has 0 saturated carbocycles. The maximum atomic E-state index is 0. The van der Waals surface area contributed by atoms with E-state index in [1.54, 1.807) is 0 Å². The molecule has 8 valence electrons. The maximum absolute atomic E-state index is 0. The first kappa shape index (κ1) is 28.2. The van der Waals surface area contributed by atoms with Crippen LogP contribution in [0.5, 0.6) is 0 Å². The van der Waals surface area contributed by atoms with E-state index < -0.39 is 0 Å². The number of hydrogen-bond donors (Lipinski definition) is 0. The van der Waals surface area contributed by atoms with Crippen molar-refractivity contribution in [2.45, 2.75) is 0 Å². The van der Waals surface area contributed by atoms with Crippen LogP contribution >= 0.6 is 0 Å². The van der Waals surface area contributed by atoms with Gasteiger partial charge in [-0.15, -0.1) is 0 Å². The van der Waals surface area contributed by atoms with Gasteiger partial charge in [-0.3, -0.25) is 0 Å². The maximum Gasteiger partial charge on any atom is 1.00 e. The van der Waals surface area contributed by atoms with Gasteiger partial charge >= 0.3 is 88.7 Å². The monoisotopic (exact) mass is 86.0 g/mol. The molecule has 0 aromatic carbocycles. The van der Waals surface area contributed by atoms with E-state index in [1.165, 1.54) is 0 Å². The normalized spacial score (nSPS) is 0. The third kappa shape index (κ3) is 8.88. The molecule has 0 aromatic heterocycles. The van der Waals surface area contributed by atoms with E-state index in [2.05, 4.69) is 0 Å². The Morgan fingerprint density at radius 3 is 0.500 bits per heavy atom. The Morgan fingerprint density at radius 1 is 0.500 bits per heavy atom. The van der Waals surface area contributed by atoms with Crippen molar-refractivity contribution in [1.82, 2.24) is 0 Å². The Hall–Kier alpha value is 2.96. The van der Waals surface area contributed by atoms with E-state index in [4.69, 9.17) is 0 Å². The van der Waals surface area contributed by atoms with Gasteiger partial charge in [-0.25, -0.2) is 0 Å². The van der Waals surface area contributed by atoms with E-state index in [1.807, 2.05) is 0 Å². The molecule has 0 radical (unpaired) electrons. The zero-order valence-electron chi connectivity index (χ0n) is 3.45. The van der Waals surface area contributed by atoms with Gasteiger partial charge in [-0.1, -0.05) is 0 Å². The van der Waals surface area contributed by atoms with Crippen molar-refractivity contribution < 1.29 is 94.1 Å². The fraction of sp³-hybridized carbons (Fsp3) is 0. The van der Waals surface area contributed by atoms with E-state index in [0.717, 1.165) is 0 Å². The van der Waals surface area contributed by atoms with Gasteiger partial charge in [0.2, 0.25) is 0 Å². The number of hydrogen-bond acceptors (Lipinski definition) is 1. The van der Waals surface area contributed by atoms with Gasteiger partial charge in [-0.05, 0) is 0 Å². The summed E-state index contributed by atoms with van der Waals surface area (Å²) in [5.41, 5.74) is 0. The molecular formula is HNa3O+2. The minimum atomic E-state index is 0. The third-order valence-corrected chi connectivity index (χ3v) is 0. The summed E-state index contributed by atoms with van der Waals surface area (Å²) in [5, 5.41) is 0. The molecule has 0 fully saturated rings. The summed E-state index contributed by atoms with van der Waals surface area (Å²) in [6.07, 6.45) is 0. The van der Waals surface area contributed by atoms with Crippen molar-refractivity contribution in [3.8, 4) is 0 Å². The molecule has 0 amide bonds. The molecule has 0 aliphatic carbocycles. The van der Waals surface area contributed by atoms with Crippen LogP contribution in [0.25, 0.3) is 0 Å². The summed E-state index contributed by atoms with van der Waals surface area (Å²) < 4.78 is 0. The van der Waals surface area contributed by atoms with Crippen LogP contribution in [-0.2, 0) is 0 Å². The molecule has 4 heteroatoms. The average Bonchev–Trinajstić information content (AvgIpc) is 0. The predicted molar refractivity (Wildman–Crippen MR) is 1.94 cm³/mol. The second-order valence-corrected chi connectivity index (χ2v) is 0. The van der Waals surface area contributed by atoms with Crippen molar-refractivity contribution in [1.29, 1.82) is 0 Å². The van der Waals surface area contributed by atoms with Crippen LogP contribution in [0.3, 0.4) is 0 Å². The van der Waals surface area contributed by atoms with Crippen molar-refractivity contribution in [2.24, 2.45) is 0 Å². The van der Waals surface area contributed by atoms with Crippen molar-refractivity contribution in [2.75, 3.05) is 0 Å². The van der Waals surface area contributed by atoms with E-state index >= 15 is 0 Å². The topological polar surface area (TPSA) is 30.0 Å². The largest absolute Gasteiger partial charge is 1.00 e. The van der Waals surface area contributed by atoms with Crippen LogP contribution < -0.4 is 88.7 Å². The van der Waals surface area contributed by atoms with Gasteiger partial charge in [-0.2, -0.15) is 0 Å². The molecule has 0 atom stereocenters. The molecule has 1 nitrogen and oxygen atoms in total. The van der Waals surface area contributed by atoms with E-state index in [0.29, 0.717) is 0 Å². The van der Waals surface area contributed by atoms with Crippen LogP contribution in [0.15, 0.2) is 0 Å². The molecule has 0 rings (SSSR count). The minimum Gasteiger partial charge on any atom is -0.870 e. The molecule has 0 aromatic rings. The summed E-state index contributed by atoms with van der Waals surface area (Å²) in [4.78, 5) is 0. The standard InChI is InChI=1S/3Na.H2O/h;;;1H2/q3*+1;/p-1. The van der Waals surface area contributed by atoms with Gasteiger partial charge in [0.05, 0.1) is 0 Å². The van der Waals surface area contributed by atoms with Crippen LogP contribution in [0.2, 0.25) is 0 Å². The van der Waals surface area contributed by atoms with Crippen molar-refractivity contribution >= 4 is 0 Å². The van der Waals surface area contributed by atoms with Gasteiger partial charge in [0.25, 0.3) is 0 Å². The molecule has 0 heterocycles. The Balaban J connectivity index is 0. The fourth-order valence-electron chi connectivity index (χ4n) is 0. The van der Waals surface area contributed by atoms with E-state index in [-0.39, 0.29) is 94.1 Å². The second kappa shape index (κ2) is 16.7. The van der Waals surface area contributed by atoms with Crippen molar-refractivity contribution in [3.05, 3.63) is 0 Å². The Labute approximate surface area is 92.1 Å². The minimum absolute atomic E-state index is 0. The Bertz CT molecular complexity index is 3.25. The van der Waals surface area contributed by atoms with Gasteiger partial charge < -0.3 is 5.48 Å². The molecule has 0 bridgehead atoms. The molecule has 0 aliphatic heterocycles. The molecule has 0 saturated heterocycles. The zero-order valence-corrected chi connectivity index (χ0v) is 9.45. The Morgan fingerprint density at radius 2 is 0.500 bits per heavy atom. The summed E-state index contributed by atoms with van der Waals surface area (Å²) in [5.74, 6) is 0. The van der Waals surface area contributed by atoms with Gasteiger partial charge in [0.15, 0.2) is 0 Å². The molecular weight excluding hydrogens is 85.0 g/mol. The molecule has 1 N–H and O–H groups in total. The first-order valence-electron chi connectivity index (χ1n) is 0. The Kier molecular flexibility index (Phi) is 118. The average molecular weight is 86.0 g/mol. The molecule has 0 spiro atoms. The molecule has 4 heavy (non-hydrogen) atoms. The van der Waals surface area contributed by atoms with Crippen LogP contribution in [0, 0.1) is 0 Å². The predicted octanol–water partition coefficient (Wildman–Crippen LogP) is -9.16. The number of rotatable bonds is 0. The van der Waals surface area contributed by atoms with E-state index in [9.17, 15) is 0 Å². The fourth-order valence-corrected chi connectivity index (χ4v) is 0. The SMILES string of the molecule is [Na+].[Na+].[Na+].[OH-]. The van der Waals surface area contributed by atoms with Crippen LogP contribution in [-0.4, -0.2) is 5.48 Å². The van der Waals surface area contributed by atoms with Gasteiger partial charge in [0, 0.05) is 0 Å². The summed E-state index contributed by atoms with van der Waals surface area (Å²) in [6.45, 7) is 0. The first-order chi connectivity index (χ1) is 0. The smallest absolute Gasteiger partial charge is 0.870 e. The zero-order chi connectivity index (χ0) is 0.